The molecule has 2 N–H and O–H groups in total. The number of rotatable bonds is 5. The molecule has 0 amide bonds. The van der Waals surface area contributed by atoms with Gasteiger partial charge in [0.25, 0.3) is 0 Å². The van der Waals surface area contributed by atoms with E-state index in [9.17, 15) is 0 Å². The van der Waals surface area contributed by atoms with E-state index in [0.717, 1.165) is 19.0 Å². The third kappa shape index (κ3) is 4.07. The van der Waals surface area contributed by atoms with Crippen LogP contribution >= 0.6 is 0 Å². The van der Waals surface area contributed by atoms with Crippen molar-refractivity contribution in [2.75, 3.05) is 6.54 Å². The summed E-state index contributed by atoms with van der Waals surface area (Å²) in [6.45, 7) is 8.72. The zero-order valence-corrected chi connectivity index (χ0v) is 13.3. The van der Waals surface area contributed by atoms with Gasteiger partial charge < -0.3 is 5.73 Å². The average molecular weight is 274 g/mol. The predicted octanol–water partition coefficient (Wildman–Crippen LogP) is 3.59. The molecule has 2 atom stereocenters. The van der Waals surface area contributed by atoms with Crippen molar-refractivity contribution in [2.45, 2.75) is 65.1 Å². The summed E-state index contributed by atoms with van der Waals surface area (Å²) in [4.78, 5) is 2.60. The van der Waals surface area contributed by atoms with Crippen LogP contribution < -0.4 is 5.73 Å². The molecule has 20 heavy (non-hydrogen) atoms. The number of nitrogens with zero attached hydrogens (tertiary/aromatic N) is 1. The van der Waals surface area contributed by atoms with Crippen molar-refractivity contribution in [2.24, 2.45) is 11.7 Å². The van der Waals surface area contributed by atoms with Crippen LogP contribution in [0.15, 0.2) is 24.3 Å². The smallest absolute Gasteiger partial charge is 0.0240 e. The Balaban J connectivity index is 2.00. The molecule has 1 heterocycles. The normalized spacial score (nSPS) is 24.2. The molecule has 2 unspecified atom stereocenters. The second kappa shape index (κ2) is 7.24. The van der Waals surface area contributed by atoms with Crippen LogP contribution in [0.1, 0.15) is 51.2 Å². The van der Waals surface area contributed by atoms with E-state index in [-0.39, 0.29) is 0 Å². The maximum Gasteiger partial charge on any atom is 0.0240 e. The first-order chi connectivity index (χ1) is 9.60. The lowest BCUT2D eigenvalue weighted by Gasteiger charge is -2.40. The summed E-state index contributed by atoms with van der Waals surface area (Å²) < 4.78 is 0. The summed E-state index contributed by atoms with van der Waals surface area (Å²) >= 11 is 0. The van der Waals surface area contributed by atoms with Gasteiger partial charge in [-0.05, 0) is 43.2 Å². The Bertz CT molecular complexity index is 396. The quantitative estimate of drug-likeness (QED) is 0.889. The van der Waals surface area contributed by atoms with Gasteiger partial charge in [-0.15, -0.1) is 0 Å². The molecule has 112 valence electrons. The van der Waals surface area contributed by atoms with Gasteiger partial charge in [-0.2, -0.15) is 0 Å². The largest absolute Gasteiger partial charge is 0.329 e. The molecular formula is C18H30N2. The summed E-state index contributed by atoms with van der Waals surface area (Å²) in [5.74, 6) is 0.726. The van der Waals surface area contributed by atoms with Crippen molar-refractivity contribution in [3.8, 4) is 0 Å². The van der Waals surface area contributed by atoms with Crippen LogP contribution in [-0.2, 0) is 13.0 Å². The molecule has 2 nitrogen and oxygen atoms in total. The second-order valence-corrected chi connectivity index (χ2v) is 6.76. The molecule has 1 aromatic rings. The minimum atomic E-state index is 0.564. The van der Waals surface area contributed by atoms with E-state index in [2.05, 4.69) is 49.9 Å². The summed E-state index contributed by atoms with van der Waals surface area (Å²) in [5.41, 5.74) is 8.82. The fourth-order valence-corrected chi connectivity index (χ4v) is 3.34. The topological polar surface area (TPSA) is 29.3 Å². The lowest BCUT2D eigenvalue weighted by Crippen LogP contribution is -2.48. The molecule has 0 aromatic heterocycles. The van der Waals surface area contributed by atoms with E-state index >= 15 is 0 Å². The van der Waals surface area contributed by atoms with Crippen molar-refractivity contribution in [3.63, 3.8) is 0 Å². The third-order valence-electron chi connectivity index (χ3n) is 4.50. The van der Waals surface area contributed by atoms with Gasteiger partial charge in [-0.25, -0.2) is 0 Å². The van der Waals surface area contributed by atoms with Crippen LogP contribution in [0.4, 0.5) is 0 Å². The highest BCUT2D eigenvalue weighted by molar-refractivity contribution is 5.23. The molecule has 2 heteroatoms. The molecule has 1 aromatic carbocycles. The van der Waals surface area contributed by atoms with Crippen LogP contribution in [-0.4, -0.2) is 23.5 Å². The molecule has 0 saturated carbocycles. The van der Waals surface area contributed by atoms with Crippen LogP contribution in [0.2, 0.25) is 0 Å². The highest BCUT2D eigenvalue weighted by atomic mass is 15.2. The Morgan fingerprint density at radius 2 is 1.80 bits per heavy atom. The van der Waals surface area contributed by atoms with E-state index in [1.54, 1.807) is 0 Å². The SMILES string of the molecule is CC(C)Cc1ccc(CN2C(C)CCCC2CN)cc1. The van der Waals surface area contributed by atoms with Crippen molar-refractivity contribution in [1.29, 1.82) is 0 Å². The zero-order valence-electron chi connectivity index (χ0n) is 13.3. The van der Waals surface area contributed by atoms with Crippen molar-refractivity contribution in [1.82, 2.24) is 4.90 Å². The number of likely N-dealkylation sites (tertiary alicyclic amines) is 1. The fraction of sp³-hybridized carbons (Fsp3) is 0.667. The molecule has 2 rings (SSSR count). The minimum absolute atomic E-state index is 0.564. The Labute approximate surface area is 124 Å². The standard InChI is InChI=1S/C18H30N2/c1-14(2)11-16-7-9-17(10-8-16)13-20-15(3)5-4-6-18(20)12-19/h7-10,14-15,18H,4-6,11-13,19H2,1-3H3. The maximum absolute atomic E-state index is 5.95. The number of hydrogen-bond acceptors (Lipinski definition) is 2. The molecule has 0 aliphatic carbocycles. The monoisotopic (exact) mass is 274 g/mol. The lowest BCUT2D eigenvalue weighted by atomic mass is 9.95. The Morgan fingerprint density at radius 3 is 2.40 bits per heavy atom. The molecule has 1 aliphatic rings. The number of piperidine rings is 1. The third-order valence-corrected chi connectivity index (χ3v) is 4.50. The van der Waals surface area contributed by atoms with Crippen LogP contribution in [0.5, 0.6) is 0 Å². The minimum Gasteiger partial charge on any atom is -0.329 e. The summed E-state index contributed by atoms with van der Waals surface area (Å²) in [6.07, 6.45) is 5.06. The molecule has 0 radical (unpaired) electrons. The van der Waals surface area contributed by atoms with Crippen LogP contribution in [0.3, 0.4) is 0 Å². The Hall–Kier alpha value is -0.860. The average Bonchev–Trinajstić information content (AvgIpc) is 2.42. The Morgan fingerprint density at radius 1 is 1.15 bits per heavy atom. The van der Waals surface area contributed by atoms with Crippen LogP contribution in [0.25, 0.3) is 0 Å². The van der Waals surface area contributed by atoms with E-state index in [1.165, 1.54) is 36.8 Å². The highest BCUT2D eigenvalue weighted by Gasteiger charge is 2.26. The van der Waals surface area contributed by atoms with Gasteiger partial charge in [0.15, 0.2) is 0 Å². The van der Waals surface area contributed by atoms with E-state index in [1.807, 2.05) is 0 Å². The highest BCUT2D eigenvalue weighted by Crippen LogP contribution is 2.24. The summed E-state index contributed by atoms with van der Waals surface area (Å²) in [6, 6.07) is 10.4. The van der Waals surface area contributed by atoms with Gasteiger partial charge in [0.05, 0.1) is 0 Å². The van der Waals surface area contributed by atoms with Gasteiger partial charge in [0.1, 0.15) is 0 Å². The zero-order chi connectivity index (χ0) is 14.5. The van der Waals surface area contributed by atoms with Gasteiger partial charge in [-0.1, -0.05) is 44.5 Å². The second-order valence-electron chi connectivity index (χ2n) is 6.76. The van der Waals surface area contributed by atoms with E-state index < -0.39 is 0 Å². The lowest BCUT2D eigenvalue weighted by molar-refractivity contribution is 0.0892. The summed E-state index contributed by atoms with van der Waals surface area (Å²) in [7, 11) is 0. The van der Waals surface area contributed by atoms with Gasteiger partial charge in [0, 0.05) is 25.2 Å². The predicted molar refractivity (Wildman–Crippen MR) is 86.7 cm³/mol. The molecular weight excluding hydrogens is 244 g/mol. The molecule has 1 fully saturated rings. The maximum atomic E-state index is 5.95. The summed E-state index contributed by atoms with van der Waals surface area (Å²) in [5, 5.41) is 0. The molecule has 1 aliphatic heterocycles. The number of benzene rings is 1. The van der Waals surface area contributed by atoms with Gasteiger partial charge in [-0.3, -0.25) is 4.90 Å². The van der Waals surface area contributed by atoms with E-state index in [4.69, 9.17) is 5.73 Å². The number of hydrogen-bond donors (Lipinski definition) is 1. The fourth-order valence-electron chi connectivity index (χ4n) is 3.34. The van der Waals surface area contributed by atoms with Crippen molar-refractivity contribution >= 4 is 0 Å². The first kappa shape index (κ1) is 15.5. The van der Waals surface area contributed by atoms with Crippen molar-refractivity contribution in [3.05, 3.63) is 35.4 Å². The van der Waals surface area contributed by atoms with Gasteiger partial charge in [0.2, 0.25) is 0 Å². The Kier molecular flexibility index (Phi) is 5.62. The molecule has 1 saturated heterocycles. The first-order valence-corrected chi connectivity index (χ1v) is 8.13. The van der Waals surface area contributed by atoms with E-state index in [0.29, 0.717) is 12.1 Å². The van der Waals surface area contributed by atoms with Crippen molar-refractivity contribution < 1.29 is 0 Å². The molecule has 0 spiro atoms. The van der Waals surface area contributed by atoms with Gasteiger partial charge >= 0.3 is 0 Å². The first-order valence-electron chi connectivity index (χ1n) is 8.13. The number of nitrogens with two attached hydrogens (primary N) is 1. The van der Waals surface area contributed by atoms with Crippen LogP contribution in [0, 0.1) is 5.92 Å². The molecule has 0 bridgehead atoms.